The molecule has 0 aliphatic carbocycles. The van der Waals surface area contributed by atoms with Gasteiger partial charge in [-0.2, -0.15) is 10.4 Å². The Morgan fingerprint density at radius 3 is 2.93 bits per heavy atom. The van der Waals surface area contributed by atoms with Crippen LogP contribution in [0.3, 0.4) is 0 Å². The summed E-state index contributed by atoms with van der Waals surface area (Å²) in [6.07, 6.45) is 5.63. The molecule has 3 aromatic rings. The SMILES string of the molecule is CCOC(=O)/C=c1\[nH]c(=S)s\c1=C/c1cn(CCC#N)nc1-c1ccccc1. The second-order valence-electron chi connectivity index (χ2n) is 5.80. The lowest BCUT2D eigenvalue weighted by atomic mass is 10.1. The molecular formula is C20H18N4O2S2. The van der Waals surface area contributed by atoms with Crippen molar-refractivity contribution in [3.8, 4) is 17.3 Å². The molecule has 3 rings (SSSR count). The van der Waals surface area contributed by atoms with Crippen molar-refractivity contribution in [3.63, 3.8) is 0 Å². The van der Waals surface area contributed by atoms with E-state index in [0.29, 0.717) is 28.9 Å². The number of nitrogens with zero attached hydrogens (tertiary/aromatic N) is 3. The second-order valence-corrected chi connectivity index (χ2v) is 7.52. The van der Waals surface area contributed by atoms with Crippen molar-refractivity contribution in [2.75, 3.05) is 6.61 Å². The van der Waals surface area contributed by atoms with Gasteiger partial charge in [-0.15, -0.1) is 11.3 Å². The number of rotatable bonds is 6. The van der Waals surface area contributed by atoms with Crippen LogP contribution in [0.4, 0.5) is 0 Å². The van der Waals surface area contributed by atoms with Crippen molar-refractivity contribution >= 4 is 41.7 Å². The van der Waals surface area contributed by atoms with Crippen LogP contribution < -0.4 is 9.88 Å². The first-order chi connectivity index (χ1) is 13.6. The molecule has 0 atom stereocenters. The van der Waals surface area contributed by atoms with Crippen molar-refractivity contribution < 1.29 is 9.53 Å². The lowest BCUT2D eigenvalue weighted by Gasteiger charge is -1.98. The number of H-pyrrole nitrogens is 1. The fourth-order valence-electron chi connectivity index (χ4n) is 2.65. The Balaban J connectivity index is 2.14. The van der Waals surface area contributed by atoms with E-state index < -0.39 is 5.97 Å². The Morgan fingerprint density at radius 2 is 2.21 bits per heavy atom. The number of thiazole rings is 1. The zero-order valence-electron chi connectivity index (χ0n) is 15.2. The van der Waals surface area contributed by atoms with Crippen molar-refractivity contribution in [2.24, 2.45) is 0 Å². The van der Waals surface area contributed by atoms with E-state index in [4.69, 9.17) is 22.2 Å². The zero-order valence-corrected chi connectivity index (χ0v) is 16.8. The predicted octanol–water partition coefficient (Wildman–Crippen LogP) is 2.76. The molecule has 8 heteroatoms. The maximum Gasteiger partial charge on any atom is 0.332 e. The molecule has 0 unspecified atom stereocenters. The van der Waals surface area contributed by atoms with Crippen molar-refractivity contribution in [1.29, 1.82) is 5.26 Å². The summed E-state index contributed by atoms with van der Waals surface area (Å²) < 4.78 is 8.14. The van der Waals surface area contributed by atoms with Crippen molar-refractivity contribution in [2.45, 2.75) is 19.9 Å². The Hall–Kier alpha value is -3.02. The van der Waals surface area contributed by atoms with Gasteiger partial charge in [0.2, 0.25) is 0 Å². The van der Waals surface area contributed by atoms with Crippen LogP contribution in [0.25, 0.3) is 23.4 Å². The molecule has 0 spiro atoms. The zero-order chi connectivity index (χ0) is 19.9. The van der Waals surface area contributed by atoms with Gasteiger partial charge < -0.3 is 9.72 Å². The number of aryl methyl sites for hydroxylation is 1. The van der Waals surface area contributed by atoms with Gasteiger partial charge in [0.25, 0.3) is 0 Å². The standard InChI is InChI=1S/C20H18N4O2S2/c1-2-26-18(25)12-16-17(28-20(27)22-16)11-15-13-24(10-6-9-21)23-19(15)14-7-4-3-5-8-14/h3-5,7-8,11-13H,2,6,10H2,1H3,(H,22,27)/b16-12-,17-11-. The molecule has 2 heterocycles. The quantitative estimate of drug-likeness (QED) is 0.499. The molecule has 28 heavy (non-hydrogen) atoms. The largest absolute Gasteiger partial charge is 0.463 e. The lowest BCUT2D eigenvalue weighted by Crippen LogP contribution is -2.23. The summed E-state index contributed by atoms with van der Waals surface area (Å²) in [6, 6.07) is 12.0. The van der Waals surface area contributed by atoms with Gasteiger partial charge in [0.05, 0.1) is 41.2 Å². The highest BCUT2D eigenvalue weighted by molar-refractivity contribution is 7.73. The van der Waals surface area contributed by atoms with Gasteiger partial charge in [-0.05, 0) is 25.2 Å². The highest BCUT2D eigenvalue weighted by Crippen LogP contribution is 2.22. The Bertz CT molecular complexity index is 1180. The van der Waals surface area contributed by atoms with Crippen LogP contribution in [0.5, 0.6) is 0 Å². The molecule has 0 aliphatic rings. The molecule has 2 aromatic heterocycles. The van der Waals surface area contributed by atoms with E-state index in [1.807, 2.05) is 42.6 Å². The number of aromatic amines is 1. The first-order valence-corrected chi connectivity index (χ1v) is 9.92. The van der Waals surface area contributed by atoms with Gasteiger partial charge in [-0.25, -0.2) is 4.79 Å². The molecule has 0 saturated heterocycles. The maximum atomic E-state index is 11.8. The van der Waals surface area contributed by atoms with Crippen LogP contribution in [0.2, 0.25) is 0 Å². The molecular weight excluding hydrogens is 392 g/mol. The van der Waals surface area contributed by atoms with Crippen LogP contribution in [-0.2, 0) is 16.1 Å². The molecule has 1 N–H and O–H groups in total. The highest BCUT2D eigenvalue weighted by Gasteiger charge is 2.10. The Labute approximate surface area is 171 Å². The number of ether oxygens (including phenoxy) is 1. The summed E-state index contributed by atoms with van der Waals surface area (Å²) in [5, 5.41) is 14.1. The minimum Gasteiger partial charge on any atom is -0.463 e. The fourth-order valence-corrected chi connectivity index (χ4v) is 3.80. The van der Waals surface area contributed by atoms with Crippen LogP contribution in [-0.4, -0.2) is 27.3 Å². The van der Waals surface area contributed by atoms with Gasteiger partial charge in [-0.1, -0.05) is 30.3 Å². The molecule has 1 aromatic carbocycles. The minimum absolute atomic E-state index is 0.309. The van der Waals surface area contributed by atoms with E-state index in [9.17, 15) is 4.79 Å². The van der Waals surface area contributed by atoms with E-state index in [1.54, 1.807) is 11.6 Å². The van der Waals surface area contributed by atoms with Crippen molar-refractivity contribution in [3.05, 3.63) is 55.9 Å². The van der Waals surface area contributed by atoms with E-state index in [0.717, 1.165) is 21.4 Å². The first kappa shape index (κ1) is 19.7. The van der Waals surface area contributed by atoms with Gasteiger partial charge in [-0.3, -0.25) is 4.68 Å². The van der Waals surface area contributed by atoms with E-state index in [1.165, 1.54) is 17.4 Å². The molecule has 0 amide bonds. The van der Waals surface area contributed by atoms with Crippen LogP contribution >= 0.6 is 23.6 Å². The van der Waals surface area contributed by atoms with Crippen LogP contribution in [0.1, 0.15) is 18.9 Å². The average molecular weight is 411 g/mol. The van der Waals surface area contributed by atoms with E-state index >= 15 is 0 Å². The maximum absolute atomic E-state index is 11.8. The van der Waals surface area contributed by atoms with Gasteiger partial charge in [0, 0.05) is 23.4 Å². The number of hydrogen-bond donors (Lipinski definition) is 1. The number of carbonyl (C=O) groups excluding carboxylic acids is 1. The summed E-state index contributed by atoms with van der Waals surface area (Å²) >= 11 is 6.63. The molecule has 142 valence electrons. The molecule has 0 fully saturated rings. The number of benzene rings is 1. The van der Waals surface area contributed by atoms with Crippen molar-refractivity contribution in [1.82, 2.24) is 14.8 Å². The summed E-state index contributed by atoms with van der Waals surface area (Å²) in [6.45, 7) is 2.58. The number of nitrogens with one attached hydrogen (secondary N) is 1. The third-order valence-corrected chi connectivity index (χ3v) is 5.03. The van der Waals surface area contributed by atoms with Crippen LogP contribution in [0.15, 0.2) is 36.5 Å². The topological polar surface area (TPSA) is 83.7 Å². The van der Waals surface area contributed by atoms with E-state index in [2.05, 4.69) is 16.2 Å². The fraction of sp³-hybridized carbons (Fsp3) is 0.200. The monoisotopic (exact) mass is 410 g/mol. The third kappa shape index (κ3) is 4.82. The van der Waals surface area contributed by atoms with Crippen LogP contribution in [0, 0.1) is 15.3 Å². The average Bonchev–Trinajstić information content (AvgIpc) is 3.24. The smallest absolute Gasteiger partial charge is 0.332 e. The second kappa shape index (κ2) is 9.26. The highest BCUT2D eigenvalue weighted by atomic mass is 32.1. The number of esters is 1. The number of aromatic nitrogens is 3. The van der Waals surface area contributed by atoms with E-state index in [-0.39, 0.29) is 0 Å². The summed E-state index contributed by atoms with van der Waals surface area (Å²) in [5.74, 6) is -0.422. The first-order valence-electron chi connectivity index (χ1n) is 8.70. The molecule has 6 nitrogen and oxygen atoms in total. The lowest BCUT2D eigenvalue weighted by molar-refractivity contribution is -0.135. The molecule has 0 saturated carbocycles. The number of hydrogen-bond acceptors (Lipinski definition) is 6. The third-order valence-electron chi connectivity index (χ3n) is 3.83. The van der Waals surface area contributed by atoms with Gasteiger partial charge >= 0.3 is 5.97 Å². The number of carbonyl (C=O) groups is 1. The van der Waals surface area contributed by atoms with Gasteiger partial charge in [0.1, 0.15) is 0 Å². The Kier molecular flexibility index (Phi) is 6.53. The predicted molar refractivity (Wildman–Crippen MR) is 111 cm³/mol. The molecule has 0 aliphatic heterocycles. The number of nitriles is 1. The molecule has 0 bridgehead atoms. The summed E-state index contributed by atoms with van der Waals surface area (Å²) in [7, 11) is 0. The minimum atomic E-state index is -0.422. The van der Waals surface area contributed by atoms with Gasteiger partial charge in [0.15, 0.2) is 3.95 Å². The summed E-state index contributed by atoms with van der Waals surface area (Å²) in [4.78, 5) is 14.9. The molecule has 0 radical (unpaired) electrons. The summed E-state index contributed by atoms with van der Waals surface area (Å²) in [5.41, 5.74) is 2.66. The Morgan fingerprint density at radius 1 is 1.43 bits per heavy atom. The normalized spacial score (nSPS) is 12.1.